The van der Waals surface area contributed by atoms with E-state index in [9.17, 15) is 9.59 Å². The van der Waals surface area contributed by atoms with Gasteiger partial charge in [-0.2, -0.15) is 0 Å². The van der Waals surface area contributed by atoms with Gasteiger partial charge in [0.15, 0.2) is 0 Å². The molecule has 0 bridgehead atoms. The molecule has 2 aliphatic carbocycles. The first-order valence-corrected chi connectivity index (χ1v) is 9.30. The van der Waals surface area contributed by atoms with Gasteiger partial charge in [-0.15, -0.1) is 0 Å². The maximum Gasteiger partial charge on any atom is 0.335 e. The van der Waals surface area contributed by atoms with Gasteiger partial charge >= 0.3 is 11.9 Å². The lowest BCUT2D eigenvalue weighted by molar-refractivity contribution is -0.157. The van der Waals surface area contributed by atoms with Gasteiger partial charge in [-0.05, 0) is 88.3 Å². The second kappa shape index (κ2) is 6.81. The number of rotatable bonds is 4. The van der Waals surface area contributed by atoms with Crippen molar-refractivity contribution >= 4 is 11.9 Å². The molecule has 2 saturated carbocycles. The monoisotopic (exact) mass is 344 g/mol. The lowest BCUT2D eigenvalue weighted by atomic mass is 9.76. The molecule has 2 atom stereocenters. The summed E-state index contributed by atoms with van der Waals surface area (Å²) < 4.78 is 5.52. The molecule has 25 heavy (non-hydrogen) atoms. The Hall–Kier alpha value is -1.84. The van der Waals surface area contributed by atoms with Crippen LogP contribution in [0.3, 0.4) is 0 Å². The molecule has 136 valence electrons. The summed E-state index contributed by atoms with van der Waals surface area (Å²) in [7, 11) is 0. The van der Waals surface area contributed by atoms with Crippen molar-refractivity contribution in [2.45, 2.75) is 64.4 Å². The van der Waals surface area contributed by atoms with Crippen LogP contribution in [0.4, 0.5) is 0 Å². The predicted molar refractivity (Wildman–Crippen MR) is 95.5 cm³/mol. The summed E-state index contributed by atoms with van der Waals surface area (Å²) in [5.41, 5.74) is 1.18. The van der Waals surface area contributed by atoms with Crippen LogP contribution in [0.2, 0.25) is 0 Å². The molecule has 2 unspecified atom stereocenters. The summed E-state index contributed by atoms with van der Waals surface area (Å²) in [6.45, 7) is 5.76. The molecule has 4 heteroatoms. The van der Waals surface area contributed by atoms with E-state index in [-0.39, 0.29) is 11.9 Å². The molecule has 4 nitrogen and oxygen atoms in total. The van der Waals surface area contributed by atoms with Crippen LogP contribution in [-0.4, -0.2) is 22.6 Å². The summed E-state index contributed by atoms with van der Waals surface area (Å²) in [5.74, 6) is 0.853. The van der Waals surface area contributed by atoms with Crippen molar-refractivity contribution in [1.29, 1.82) is 0 Å². The molecule has 1 N–H and O–H groups in total. The zero-order valence-corrected chi connectivity index (χ0v) is 15.3. The first-order chi connectivity index (χ1) is 11.7. The topological polar surface area (TPSA) is 63.6 Å². The molecule has 2 fully saturated rings. The zero-order valence-electron chi connectivity index (χ0n) is 15.3. The van der Waals surface area contributed by atoms with Crippen LogP contribution in [0.5, 0.6) is 0 Å². The molecule has 2 aliphatic rings. The Morgan fingerprint density at radius 3 is 2.16 bits per heavy atom. The number of benzene rings is 1. The van der Waals surface area contributed by atoms with Crippen LogP contribution in [0.1, 0.15) is 74.7 Å². The molecular weight excluding hydrogens is 316 g/mol. The van der Waals surface area contributed by atoms with E-state index in [1.165, 1.54) is 5.56 Å². The number of carboxylic acids is 1. The Kier molecular flexibility index (Phi) is 4.90. The third kappa shape index (κ3) is 4.42. The van der Waals surface area contributed by atoms with Gasteiger partial charge in [0.2, 0.25) is 0 Å². The van der Waals surface area contributed by atoms with Crippen molar-refractivity contribution in [3.8, 4) is 0 Å². The average Bonchev–Trinajstić information content (AvgIpc) is 3.34. The first kappa shape index (κ1) is 18.0. The Morgan fingerprint density at radius 2 is 1.64 bits per heavy atom. The third-order valence-corrected chi connectivity index (χ3v) is 5.56. The van der Waals surface area contributed by atoms with E-state index in [0.29, 0.717) is 23.3 Å². The summed E-state index contributed by atoms with van der Waals surface area (Å²) >= 11 is 0. The minimum absolute atomic E-state index is 0.0242. The number of aromatic carboxylic acids is 1. The van der Waals surface area contributed by atoms with Gasteiger partial charge in [-0.3, -0.25) is 4.79 Å². The van der Waals surface area contributed by atoms with Crippen LogP contribution >= 0.6 is 0 Å². The molecule has 0 amide bonds. The largest absolute Gasteiger partial charge is 0.478 e. The number of carbonyl (C=O) groups is 2. The average molecular weight is 344 g/mol. The Morgan fingerprint density at radius 1 is 1.04 bits per heavy atom. The van der Waals surface area contributed by atoms with Crippen molar-refractivity contribution in [2.75, 3.05) is 0 Å². The summed E-state index contributed by atoms with van der Waals surface area (Å²) in [6.07, 6.45) is 5.52. The van der Waals surface area contributed by atoms with E-state index in [4.69, 9.17) is 9.84 Å². The number of carboxylic acid groups (broad SMARTS) is 1. The number of hydrogen-bond donors (Lipinski definition) is 1. The van der Waals surface area contributed by atoms with Crippen LogP contribution < -0.4 is 0 Å². The molecule has 0 spiro atoms. The fourth-order valence-corrected chi connectivity index (χ4v) is 4.16. The second-order valence-electron chi connectivity index (χ2n) is 8.58. The van der Waals surface area contributed by atoms with Gasteiger partial charge in [0.25, 0.3) is 0 Å². The van der Waals surface area contributed by atoms with Crippen molar-refractivity contribution in [3.05, 3.63) is 35.4 Å². The van der Waals surface area contributed by atoms with Crippen LogP contribution in [-0.2, 0) is 9.53 Å². The number of carbonyl (C=O) groups excluding carboxylic acids is 1. The maximum absolute atomic E-state index is 12.2. The van der Waals surface area contributed by atoms with Crippen LogP contribution in [0.25, 0.3) is 0 Å². The van der Waals surface area contributed by atoms with Gasteiger partial charge in [-0.1, -0.05) is 12.1 Å². The number of esters is 1. The number of ether oxygens (including phenoxy) is 1. The van der Waals surface area contributed by atoms with E-state index in [1.807, 2.05) is 32.9 Å². The highest BCUT2D eigenvalue weighted by molar-refractivity contribution is 5.87. The van der Waals surface area contributed by atoms with E-state index in [2.05, 4.69) is 0 Å². The zero-order chi connectivity index (χ0) is 18.2. The van der Waals surface area contributed by atoms with E-state index in [1.54, 1.807) is 12.1 Å². The highest BCUT2D eigenvalue weighted by atomic mass is 16.6. The lowest BCUT2D eigenvalue weighted by Crippen LogP contribution is -2.26. The van der Waals surface area contributed by atoms with Crippen molar-refractivity contribution in [3.63, 3.8) is 0 Å². The molecule has 1 aromatic carbocycles. The maximum atomic E-state index is 12.2. The van der Waals surface area contributed by atoms with Gasteiger partial charge in [0.05, 0.1) is 11.5 Å². The van der Waals surface area contributed by atoms with Gasteiger partial charge in [0.1, 0.15) is 5.60 Å². The minimum Gasteiger partial charge on any atom is -0.478 e. The summed E-state index contributed by atoms with van der Waals surface area (Å²) in [5, 5.41) is 8.99. The molecule has 1 aromatic rings. The van der Waals surface area contributed by atoms with Gasteiger partial charge in [0, 0.05) is 0 Å². The first-order valence-electron chi connectivity index (χ1n) is 9.30. The van der Waals surface area contributed by atoms with E-state index < -0.39 is 11.6 Å². The molecule has 3 rings (SSSR count). The predicted octanol–water partition coefficient (Wildman–Crippen LogP) is 4.64. The summed E-state index contributed by atoms with van der Waals surface area (Å²) in [6, 6.07) is 7.30. The highest BCUT2D eigenvalue weighted by Crippen LogP contribution is 2.52. The number of hydrogen-bond acceptors (Lipinski definition) is 3. The normalized spacial score (nSPS) is 29.1. The smallest absolute Gasteiger partial charge is 0.335 e. The fraction of sp³-hybridized carbons (Fsp3) is 0.619. The Balaban J connectivity index is 1.50. The Bertz CT molecular complexity index is 633. The van der Waals surface area contributed by atoms with Crippen molar-refractivity contribution in [1.82, 2.24) is 0 Å². The molecule has 0 saturated heterocycles. The molecule has 0 aromatic heterocycles. The molecule has 0 heterocycles. The van der Waals surface area contributed by atoms with Gasteiger partial charge < -0.3 is 9.84 Å². The van der Waals surface area contributed by atoms with E-state index in [0.717, 1.165) is 32.1 Å². The minimum atomic E-state index is -0.878. The van der Waals surface area contributed by atoms with Crippen LogP contribution in [0.15, 0.2) is 24.3 Å². The molecular formula is C21H28O4. The second-order valence-corrected chi connectivity index (χ2v) is 8.58. The molecule has 0 aliphatic heterocycles. The van der Waals surface area contributed by atoms with Crippen molar-refractivity contribution < 1.29 is 19.4 Å². The highest BCUT2D eigenvalue weighted by Gasteiger charge is 2.49. The quantitative estimate of drug-likeness (QED) is 0.809. The standard InChI is InChI=1S/C21H28O4/c1-21(2,3)25-20(24)18-12-17(18)15-8-4-13(5-9-15)14-6-10-16(11-7-14)19(22)23/h6-7,10-11,13,15,17-18H,4-5,8-9,12H2,1-3H3,(H,22,23). The van der Waals surface area contributed by atoms with Crippen LogP contribution in [0, 0.1) is 17.8 Å². The molecule has 0 radical (unpaired) electrons. The van der Waals surface area contributed by atoms with Crippen molar-refractivity contribution in [2.24, 2.45) is 17.8 Å². The Labute approximate surface area is 149 Å². The third-order valence-electron chi connectivity index (χ3n) is 5.56. The van der Waals surface area contributed by atoms with Gasteiger partial charge in [-0.25, -0.2) is 4.79 Å². The van der Waals surface area contributed by atoms with E-state index >= 15 is 0 Å². The fourth-order valence-electron chi connectivity index (χ4n) is 4.16. The SMILES string of the molecule is CC(C)(C)OC(=O)C1CC1C1CCC(c2ccc(C(=O)O)cc2)CC1. The summed E-state index contributed by atoms with van der Waals surface area (Å²) in [4.78, 5) is 23.1. The lowest BCUT2D eigenvalue weighted by Gasteiger charge is -2.29.